The summed E-state index contributed by atoms with van der Waals surface area (Å²) in [5.74, 6) is -1.17. The monoisotopic (exact) mass is 265 g/mol. The van der Waals surface area contributed by atoms with Gasteiger partial charge in [0.1, 0.15) is 0 Å². The molecule has 6 heteroatoms. The molecule has 4 unspecified atom stereocenters. The van der Waals surface area contributed by atoms with E-state index in [-0.39, 0.29) is 24.7 Å². The standard InChI is InChI=1S/C12H18F3NO2/c13-12(14,15)10-2-1-3-11(10)16(4-8-6-17-8)5-9-7-18-9/h8-11H,1-7H2. The second-order valence-corrected chi connectivity index (χ2v) is 5.51. The number of hydrogen-bond donors (Lipinski definition) is 0. The summed E-state index contributed by atoms with van der Waals surface area (Å²) in [6, 6.07) is -0.376. The zero-order valence-electron chi connectivity index (χ0n) is 10.2. The maximum atomic E-state index is 13.0. The van der Waals surface area contributed by atoms with E-state index < -0.39 is 12.1 Å². The van der Waals surface area contributed by atoms with Gasteiger partial charge in [-0.05, 0) is 12.8 Å². The molecule has 3 nitrogen and oxygen atoms in total. The first-order valence-electron chi connectivity index (χ1n) is 6.58. The molecule has 2 aliphatic heterocycles. The van der Waals surface area contributed by atoms with Crippen LogP contribution in [0, 0.1) is 5.92 Å². The molecule has 1 saturated carbocycles. The van der Waals surface area contributed by atoms with Gasteiger partial charge in [-0.3, -0.25) is 4.90 Å². The summed E-state index contributed by atoms with van der Waals surface area (Å²) in [4.78, 5) is 1.96. The topological polar surface area (TPSA) is 28.3 Å². The Labute approximate surface area is 104 Å². The minimum Gasteiger partial charge on any atom is -0.372 e. The fourth-order valence-electron chi connectivity index (χ4n) is 2.97. The van der Waals surface area contributed by atoms with E-state index in [2.05, 4.69) is 0 Å². The van der Waals surface area contributed by atoms with Crippen molar-refractivity contribution in [3.63, 3.8) is 0 Å². The number of halogens is 3. The Morgan fingerprint density at radius 2 is 1.56 bits per heavy atom. The highest BCUT2D eigenvalue weighted by Gasteiger charge is 2.50. The molecule has 1 aliphatic carbocycles. The summed E-state index contributed by atoms with van der Waals surface area (Å²) in [5, 5.41) is 0. The molecule has 0 bridgehead atoms. The molecule has 18 heavy (non-hydrogen) atoms. The number of ether oxygens (including phenoxy) is 2. The molecule has 3 rings (SSSR count). The second kappa shape index (κ2) is 4.65. The van der Waals surface area contributed by atoms with Gasteiger partial charge in [0.05, 0.1) is 31.3 Å². The Kier molecular flexibility index (Phi) is 3.28. The van der Waals surface area contributed by atoms with Crippen molar-refractivity contribution in [3.05, 3.63) is 0 Å². The van der Waals surface area contributed by atoms with Crippen LogP contribution in [0.4, 0.5) is 13.2 Å². The summed E-state index contributed by atoms with van der Waals surface area (Å²) < 4.78 is 49.3. The van der Waals surface area contributed by atoms with Crippen LogP contribution in [0.1, 0.15) is 19.3 Å². The van der Waals surface area contributed by atoms with Crippen LogP contribution in [0.3, 0.4) is 0 Å². The Hall–Kier alpha value is -0.330. The predicted octanol–water partition coefficient (Wildman–Crippen LogP) is 1.82. The van der Waals surface area contributed by atoms with Gasteiger partial charge in [-0.2, -0.15) is 13.2 Å². The van der Waals surface area contributed by atoms with Crippen LogP contribution in [0.2, 0.25) is 0 Å². The SMILES string of the molecule is FC(F)(F)C1CCCC1N(CC1CO1)CC1CO1. The molecule has 104 valence electrons. The molecule has 4 atom stereocenters. The Bertz CT molecular complexity index is 288. The molecule has 2 heterocycles. The molecule has 3 aliphatic rings. The third-order valence-electron chi connectivity index (χ3n) is 4.05. The lowest BCUT2D eigenvalue weighted by Gasteiger charge is -2.33. The smallest absolute Gasteiger partial charge is 0.372 e. The summed E-state index contributed by atoms with van der Waals surface area (Å²) in [6.45, 7) is 2.62. The van der Waals surface area contributed by atoms with Crippen molar-refractivity contribution in [2.45, 2.75) is 43.7 Å². The van der Waals surface area contributed by atoms with Crippen molar-refractivity contribution in [1.82, 2.24) is 4.90 Å². The molecule has 0 aromatic carbocycles. The highest BCUT2D eigenvalue weighted by atomic mass is 19.4. The Morgan fingerprint density at radius 3 is 2.00 bits per heavy atom. The van der Waals surface area contributed by atoms with Crippen LogP contribution < -0.4 is 0 Å². The fraction of sp³-hybridized carbons (Fsp3) is 1.00. The first-order valence-corrected chi connectivity index (χ1v) is 6.58. The molecule has 0 amide bonds. The van der Waals surface area contributed by atoms with Crippen molar-refractivity contribution in [2.24, 2.45) is 5.92 Å². The zero-order valence-corrected chi connectivity index (χ0v) is 10.2. The highest BCUT2D eigenvalue weighted by molar-refractivity contribution is 4.93. The number of epoxide rings is 2. The largest absolute Gasteiger partial charge is 0.393 e. The lowest BCUT2D eigenvalue weighted by atomic mass is 10.0. The maximum Gasteiger partial charge on any atom is 0.393 e. The molecule has 0 N–H and O–H groups in total. The van der Waals surface area contributed by atoms with Crippen molar-refractivity contribution >= 4 is 0 Å². The van der Waals surface area contributed by atoms with Gasteiger partial charge < -0.3 is 9.47 Å². The first kappa shape index (κ1) is 12.7. The number of rotatable bonds is 5. The first-order chi connectivity index (χ1) is 8.54. The average molecular weight is 265 g/mol. The molecular weight excluding hydrogens is 247 g/mol. The van der Waals surface area contributed by atoms with Crippen molar-refractivity contribution in [1.29, 1.82) is 0 Å². The third-order valence-corrected chi connectivity index (χ3v) is 4.05. The molecule has 2 saturated heterocycles. The molecule has 0 spiro atoms. The van der Waals surface area contributed by atoms with E-state index in [9.17, 15) is 13.2 Å². The lowest BCUT2D eigenvalue weighted by Crippen LogP contribution is -2.46. The average Bonchev–Trinajstić information content (AvgIpc) is 3.19. The fourth-order valence-corrected chi connectivity index (χ4v) is 2.97. The van der Waals surface area contributed by atoms with Crippen LogP contribution in [0.25, 0.3) is 0 Å². The Balaban J connectivity index is 1.66. The molecule has 0 aromatic heterocycles. The lowest BCUT2D eigenvalue weighted by molar-refractivity contribution is -0.186. The quantitative estimate of drug-likeness (QED) is 0.710. The normalized spacial score (nSPS) is 39.3. The third kappa shape index (κ3) is 2.97. The molecule has 0 aromatic rings. The van der Waals surface area contributed by atoms with Gasteiger partial charge in [0.15, 0.2) is 0 Å². The van der Waals surface area contributed by atoms with Gasteiger partial charge in [0, 0.05) is 19.1 Å². The highest BCUT2D eigenvalue weighted by Crippen LogP contribution is 2.42. The predicted molar refractivity (Wildman–Crippen MR) is 58.2 cm³/mol. The van der Waals surface area contributed by atoms with Gasteiger partial charge >= 0.3 is 6.18 Å². The molecular formula is C12H18F3NO2. The number of nitrogens with zero attached hydrogens (tertiary/aromatic N) is 1. The Morgan fingerprint density at radius 1 is 1.00 bits per heavy atom. The second-order valence-electron chi connectivity index (χ2n) is 5.51. The van der Waals surface area contributed by atoms with E-state index in [4.69, 9.17) is 9.47 Å². The van der Waals surface area contributed by atoms with E-state index in [0.29, 0.717) is 39.1 Å². The van der Waals surface area contributed by atoms with Crippen LogP contribution >= 0.6 is 0 Å². The molecule has 3 fully saturated rings. The maximum absolute atomic E-state index is 13.0. The summed E-state index contributed by atoms with van der Waals surface area (Å²) in [7, 11) is 0. The van der Waals surface area contributed by atoms with E-state index in [0.717, 1.165) is 0 Å². The van der Waals surface area contributed by atoms with Gasteiger partial charge in [-0.1, -0.05) is 6.42 Å². The van der Waals surface area contributed by atoms with Crippen LogP contribution in [-0.2, 0) is 9.47 Å². The summed E-state index contributed by atoms with van der Waals surface area (Å²) in [6.07, 6.45) is -2.22. The minimum absolute atomic E-state index is 0.137. The van der Waals surface area contributed by atoms with Crippen LogP contribution in [0.5, 0.6) is 0 Å². The van der Waals surface area contributed by atoms with Gasteiger partial charge in [0.25, 0.3) is 0 Å². The zero-order chi connectivity index (χ0) is 12.8. The van der Waals surface area contributed by atoms with Crippen LogP contribution in [-0.4, -0.2) is 55.6 Å². The van der Waals surface area contributed by atoms with Crippen molar-refractivity contribution in [3.8, 4) is 0 Å². The number of alkyl halides is 3. The van der Waals surface area contributed by atoms with E-state index in [1.165, 1.54) is 0 Å². The van der Waals surface area contributed by atoms with Gasteiger partial charge in [-0.15, -0.1) is 0 Å². The van der Waals surface area contributed by atoms with Crippen molar-refractivity contribution < 1.29 is 22.6 Å². The van der Waals surface area contributed by atoms with Gasteiger partial charge in [-0.25, -0.2) is 0 Å². The summed E-state index contributed by atoms with van der Waals surface area (Å²) in [5.41, 5.74) is 0. The van der Waals surface area contributed by atoms with E-state index in [1.54, 1.807) is 0 Å². The van der Waals surface area contributed by atoms with E-state index >= 15 is 0 Å². The van der Waals surface area contributed by atoms with Crippen LogP contribution in [0.15, 0.2) is 0 Å². The van der Waals surface area contributed by atoms with Gasteiger partial charge in [0.2, 0.25) is 0 Å². The van der Waals surface area contributed by atoms with Crippen molar-refractivity contribution in [2.75, 3.05) is 26.3 Å². The minimum atomic E-state index is -4.08. The summed E-state index contributed by atoms with van der Waals surface area (Å²) >= 11 is 0. The molecule has 0 radical (unpaired) electrons. The van der Waals surface area contributed by atoms with E-state index in [1.807, 2.05) is 4.90 Å². The number of hydrogen-bond acceptors (Lipinski definition) is 3.